The molecule has 0 fully saturated rings. The summed E-state index contributed by atoms with van der Waals surface area (Å²) in [6.45, 7) is 3.20. The topological polar surface area (TPSA) is 111 Å². The molecule has 0 spiro atoms. The van der Waals surface area contributed by atoms with E-state index >= 15 is 0 Å². The molecular weight excluding hydrogens is 392 g/mol. The zero-order valence-electron chi connectivity index (χ0n) is 16.1. The Bertz CT molecular complexity index is 1020. The van der Waals surface area contributed by atoms with Gasteiger partial charge in [-0.05, 0) is 47.7 Å². The van der Waals surface area contributed by atoms with E-state index in [1.165, 1.54) is 23.4 Å². The minimum absolute atomic E-state index is 0.171. The molecule has 1 atom stereocenters. The van der Waals surface area contributed by atoms with Crippen LogP contribution >= 0.6 is 11.8 Å². The lowest BCUT2D eigenvalue weighted by Gasteiger charge is -2.14. The number of tetrazole rings is 1. The smallest absolute Gasteiger partial charge is 0.237 e. The summed E-state index contributed by atoms with van der Waals surface area (Å²) >= 11 is 1.22. The Labute approximate surface area is 171 Å². The number of anilines is 2. The molecule has 0 unspecified atom stereocenters. The van der Waals surface area contributed by atoms with E-state index in [0.29, 0.717) is 28.0 Å². The normalized spacial score (nSPS) is 11.6. The summed E-state index contributed by atoms with van der Waals surface area (Å²) in [6.07, 6.45) is 0. The van der Waals surface area contributed by atoms with Gasteiger partial charge in [0.1, 0.15) is 5.75 Å². The van der Waals surface area contributed by atoms with Gasteiger partial charge in [0.15, 0.2) is 0 Å². The number of nitrogens with zero attached hydrogens (tertiary/aromatic N) is 4. The molecule has 2 N–H and O–H groups in total. The van der Waals surface area contributed by atoms with Crippen molar-refractivity contribution < 1.29 is 14.3 Å². The lowest BCUT2D eigenvalue weighted by Crippen LogP contribution is -2.23. The molecule has 0 radical (unpaired) electrons. The van der Waals surface area contributed by atoms with E-state index in [9.17, 15) is 9.59 Å². The van der Waals surface area contributed by atoms with Crippen LogP contribution in [-0.2, 0) is 9.59 Å². The molecule has 29 heavy (non-hydrogen) atoms. The van der Waals surface area contributed by atoms with Crippen LogP contribution in [0.25, 0.3) is 5.69 Å². The second-order valence-electron chi connectivity index (χ2n) is 6.05. The number of methoxy groups -OCH3 is 1. The summed E-state index contributed by atoms with van der Waals surface area (Å²) < 4.78 is 6.78. The minimum atomic E-state index is -0.469. The molecular formula is C19H20N6O3S. The Kier molecular flexibility index (Phi) is 6.45. The fourth-order valence-corrected chi connectivity index (χ4v) is 3.33. The quantitative estimate of drug-likeness (QED) is 0.574. The first-order valence-corrected chi connectivity index (χ1v) is 9.63. The molecule has 0 saturated carbocycles. The maximum atomic E-state index is 12.6. The van der Waals surface area contributed by atoms with Gasteiger partial charge < -0.3 is 15.4 Å². The van der Waals surface area contributed by atoms with Crippen molar-refractivity contribution in [3.05, 3.63) is 48.5 Å². The summed E-state index contributed by atoms with van der Waals surface area (Å²) in [6, 6.07) is 14.3. The molecule has 0 bridgehead atoms. The third-order valence-corrected chi connectivity index (χ3v) is 4.90. The molecule has 0 saturated heterocycles. The molecule has 3 rings (SSSR count). The van der Waals surface area contributed by atoms with E-state index in [1.54, 1.807) is 44.4 Å². The van der Waals surface area contributed by atoms with Crippen LogP contribution in [0.3, 0.4) is 0 Å². The number of ether oxygens (including phenoxy) is 1. The van der Waals surface area contributed by atoms with Crippen molar-refractivity contribution in [3.63, 3.8) is 0 Å². The van der Waals surface area contributed by atoms with Crippen LogP contribution in [0, 0.1) is 0 Å². The third kappa shape index (κ3) is 5.11. The maximum Gasteiger partial charge on any atom is 0.237 e. The molecule has 2 aromatic carbocycles. The van der Waals surface area contributed by atoms with Crippen molar-refractivity contribution in [1.82, 2.24) is 20.2 Å². The van der Waals surface area contributed by atoms with Gasteiger partial charge in [0.25, 0.3) is 0 Å². The predicted octanol–water partition coefficient (Wildman–Crippen LogP) is 2.75. The fraction of sp³-hybridized carbons (Fsp3) is 0.211. The van der Waals surface area contributed by atoms with E-state index in [0.717, 1.165) is 0 Å². The highest BCUT2D eigenvalue weighted by Crippen LogP contribution is 2.27. The molecule has 2 amide bonds. The second kappa shape index (κ2) is 9.20. The Balaban J connectivity index is 1.74. The van der Waals surface area contributed by atoms with Crippen molar-refractivity contribution in [2.24, 2.45) is 0 Å². The number of amides is 2. The number of thioether (sulfide) groups is 1. The number of rotatable bonds is 7. The Morgan fingerprint density at radius 3 is 2.69 bits per heavy atom. The SMILES string of the molecule is COc1ccccc1NC(=O)[C@@H](C)Sc1nnnn1-c1cccc(NC(C)=O)c1. The van der Waals surface area contributed by atoms with Crippen molar-refractivity contribution in [2.75, 3.05) is 17.7 Å². The highest BCUT2D eigenvalue weighted by atomic mass is 32.2. The van der Waals surface area contributed by atoms with Crippen molar-refractivity contribution in [1.29, 1.82) is 0 Å². The van der Waals surface area contributed by atoms with Gasteiger partial charge in [-0.25, -0.2) is 0 Å². The highest BCUT2D eigenvalue weighted by molar-refractivity contribution is 8.00. The van der Waals surface area contributed by atoms with Crippen molar-refractivity contribution in [3.8, 4) is 11.4 Å². The molecule has 10 heteroatoms. The Morgan fingerprint density at radius 1 is 1.14 bits per heavy atom. The zero-order chi connectivity index (χ0) is 20.8. The number of carbonyl (C=O) groups excluding carboxylic acids is 2. The maximum absolute atomic E-state index is 12.6. The number of hydrogen-bond acceptors (Lipinski definition) is 7. The predicted molar refractivity (Wildman–Crippen MR) is 110 cm³/mol. The lowest BCUT2D eigenvalue weighted by atomic mass is 10.3. The van der Waals surface area contributed by atoms with Gasteiger partial charge in [-0.15, -0.1) is 5.10 Å². The van der Waals surface area contributed by atoms with Gasteiger partial charge in [0.05, 0.1) is 23.7 Å². The van der Waals surface area contributed by atoms with Crippen LogP contribution in [0.2, 0.25) is 0 Å². The number of para-hydroxylation sites is 2. The van der Waals surface area contributed by atoms with Crippen LogP contribution in [0.15, 0.2) is 53.7 Å². The molecule has 0 aliphatic heterocycles. The standard InChI is InChI=1S/C19H20N6O3S/c1-12(18(27)21-16-9-4-5-10-17(16)28-3)29-19-22-23-24-25(19)15-8-6-7-14(11-15)20-13(2)26/h4-12H,1-3H3,(H,20,26)(H,21,27)/t12-/m1/s1. The van der Waals surface area contributed by atoms with Crippen LogP contribution in [-0.4, -0.2) is 44.4 Å². The monoisotopic (exact) mass is 412 g/mol. The Hall–Kier alpha value is -3.40. The molecule has 1 aromatic heterocycles. The third-order valence-electron chi connectivity index (χ3n) is 3.87. The van der Waals surface area contributed by atoms with Crippen LogP contribution < -0.4 is 15.4 Å². The molecule has 0 aliphatic carbocycles. The number of carbonyl (C=O) groups is 2. The molecule has 150 valence electrons. The van der Waals surface area contributed by atoms with E-state index < -0.39 is 5.25 Å². The number of benzene rings is 2. The first kappa shape index (κ1) is 20.3. The van der Waals surface area contributed by atoms with E-state index in [-0.39, 0.29) is 11.8 Å². The van der Waals surface area contributed by atoms with E-state index in [2.05, 4.69) is 26.2 Å². The van der Waals surface area contributed by atoms with E-state index in [1.807, 2.05) is 18.2 Å². The van der Waals surface area contributed by atoms with E-state index in [4.69, 9.17) is 4.74 Å². The number of nitrogens with one attached hydrogen (secondary N) is 2. The highest BCUT2D eigenvalue weighted by Gasteiger charge is 2.20. The summed E-state index contributed by atoms with van der Waals surface area (Å²) in [4.78, 5) is 23.9. The molecule has 1 heterocycles. The minimum Gasteiger partial charge on any atom is -0.495 e. The summed E-state index contributed by atoms with van der Waals surface area (Å²) in [5.74, 6) is 0.203. The van der Waals surface area contributed by atoms with Crippen molar-refractivity contribution in [2.45, 2.75) is 24.3 Å². The zero-order valence-corrected chi connectivity index (χ0v) is 16.9. The van der Waals surface area contributed by atoms with Crippen molar-refractivity contribution >= 4 is 35.0 Å². The number of aromatic nitrogens is 4. The summed E-state index contributed by atoms with van der Waals surface area (Å²) in [5, 5.41) is 17.3. The largest absolute Gasteiger partial charge is 0.495 e. The summed E-state index contributed by atoms with van der Waals surface area (Å²) in [7, 11) is 1.55. The number of hydrogen-bond donors (Lipinski definition) is 2. The van der Waals surface area contributed by atoms with Gasteiger partial charge in [0, 0.05) is 12.6 Å². The summed E-state index contributed by atoms with van der Waals surface area (Å²) in [5.41, 5.74) is 1.89. The first-order valence-electron chi connectivity index (χ1n) is 8.75. The van der Waals surface area contributed by atoms with Gasteiger partial charge in [-0.2, -0.15) is 4.68 Å². The second-order valence-corrected chi connectivity index (χ2v) is 7.36. The van der Waals surface area contributed by atoms with Crippen LogP contribution in [0.1, 0.15) is 13.8 Å². The van der Waals surface area contributed by atoms with Gasteiger partial charge in [-0.3, -0.25) is 9.59 Å². The molecule has 3 aromatic rings. The van der Waals surface area contributed by atoms with Crippen LogP contribution in [0.5, 0.6) is 5.75 Å². The Morgan fingerprint density at radius 2 is 1.93 bits per heavy atom. The molecule has 0 aliphatic rings. The van der Waals surface area contributed by atoms with Crippen LogP contribution in [0.4, 0.5) is 11.4 Å². The van der Waals surface area contributed by atoms with Gasteiger partial charge in [-0.1, -0.05) is 30.0 Å². The molecule has 9 nitrogen and oxygen atoms in total. The lowest BCUT2D eigenvalue weighted by molar-refractivity contribution is -0.115. The average Bonchev–Trinajstić information content (AvgIpc) is 3.16. The first-order chi connectivity index (χ1) is 14.0. The van der Waals surface area contributed by atoms with Gasteiger partial charge >= 0.3 is 0 Å². The average molecular weight is 412 g/mol. The fourth-order valence-electron chi connectivity index (χ4n) is 2.53. The van der Waals surface area contributed by atoms with Gasteiger partial charge in [0.2, 0.25) is 17.0 Å².